The van der Waals surface area contributed by atoms with E-state index in [-0.39, 0.29) is 17.9 Å². The van der Waals surface area contributed by atoms with Crippen molar-refractivity contribution in [3.05, 3.63) is 192 Å². The Balaban J connectivity index is 0.000000177. The predicted octanol–water partition coefficient (Wildman–Crippen LogP) is 12.2. The lowest BCUT2D eigenvalue weighted by Crippen LogP contribution is -2.31. The van der Waals surface area contributed by atoms with Gasteiger partial charge in [0, 0.05) is 40.6 Å². The number of carbonyl (C=O) groups is 2. The lowest BCUT2D eigenvalue weighted by molar-refractivity contribution is 0.0857. The first kappa shape index (κ1) is 39.8. The van der Waals surface area contributed by atoms with Crippen LogP contribution in [-0.2, 0) is 4.74 Å². The number of hydrogen-bond acceptors (Lipinski definition) is 4. The molecule has 1 fully saturated rings. The molecule has 1 heterocycles. The van der Waals surface area contributed by atoms with Gasteiger partial charge in [0.25, 0.3) is 11.8 Å². The van der Waals surface area contributed by atoms with Gasteiger partial charge in [-0.2, -0.15) is 0 Å². The molecule has 1 atom stereocenters. The van der Waals surface area contributed by atoms with Crippen LogP contribution >= 0.6 is 11.6 Å². The van der Waals surface area contributed by atoms with Crippen LogP contribution in [0, 0.1) is 6.92 Å². The van der Waals surface area contributed by atoms with Crippen molar-refractivity contribution in [2.45, 2.75) is 25.9 Å². The van der Waals surface area contributed by atoms with Crippen molar-refractivity contribution in [3.63, 3.8) is 0 Å². The van der Waals surface area contributed by atoms with E-state index in [2.05, 4.69) is 78.2 Å². The van der Waals surface area contributed by atoms with Crippen molar-refractivity contribution >= 4 is 29.1 Å². The highest BCUT2D eigenvalue weighted by Gasteiger charge is 2.18. The van der Waals surface area contributed by atoms with Gasteiger partial charge in [0.15, 0.2) is 0 Å². The van der Waals surface area contributed by atoms with E-state index in [0.29, 0.717) is 22.7 Å². The molecular formula is C51H45ClN2O4. The molecule has 1 unspecified atom stereocenters. The number of rotatable bonds is 10. The number of ether oxygens (including phenoxy) is 2. The molecule has 0 saturated carbocycles. The molecular weight excluding hydrogens is 740 g/mol. The van der Waals surface area contributed by atoms with E-state index in [1.165, 1.54) is 16.7 Å². The maximum absolute atomic E-state index is 12.8. The monoisotopic (exact) mass is 784 g/mol. The molecule has 0 aromatic heterocycles. The molecule has 7 heteroatoms. The predicted molar refractivity (Wildman–Crippen MR) is 237 cm³/mol. The van der Waals surface area contributed by atoms with Crippen LogP contribution in [0.25, 0.3) is 44.5 Å². The zero-order valence-corrected chi connectivity index (χ0v) is 33.3. The first-order valence-electron chi connectivity index (χ1n) is 19.4. The maximum atomic E-state index is 12.8. The van der Waals surface area contributed by atoms with Gasteiger partial charge < -0.3 is 20.1 Å². The average molecular weight is 785 g/mol. The van der Waals surface area contributed by atoms with Gasteiger partial charge in [-0.15, -0.1) is 0 Å². The van der Waals surface area contributed by atoms with E-state index in [1.807, 2.05) is 97.1 Å². The molecule has 0 bridgehead atoms. The third-order valence-electron chi connectivity index (χ3n) is 10.2. The maximum Gasteiger partial charge on any atom is 0.255 e. The van der Waals surface area contributed by atoms with Crippen molar-refractivity contribution in [1.82, 2.24) is 5.32 Å². The SMILES string of the molecule is COc1ccc(NC(=O)c2ccc(C)c(-c3ccc(-c4ccccc4)cc3)c2)cc1.O=C(NCC1CCCO1)c1ccc(Cl)c(-c2ccc(-c3ccccc3)cc2)c1. The van der Waals surface area contributed by atoms with Gasteiger partial charge in [-0.05, 0) is 119 Å². The topological polar surface area (TPSA) is 76.7 Å². The molecule has 6 nitrogen and oxygen atoms in total. The van der Waals surface area contributed by atoms with Gasteiger partial charge in [-0.25, -0.2) is 0 Å². The minimum Gasteiger partial charge on any atom is -0.497 e. The lowest BCUT2D eigenvalue weighted by atomic mass is 9.95. The second-order valence-electron chi connectivity index (χ2n) is 14.1. The number of methoxy groups -OCH3 is 1. The molecule has 7 aromatic carbocycles. The fraction of sp³-hybridized carbons (Fsp3) is 0.137. The minimum absolute atomic E-state index is 0.102. The Bertz CT molecular complexity index is 2450. The molecule has 2 amide bonds. The number of amides is 2. The Morgan fingerprint density at radius 1 is 0.621 bits per heavy atom. The van der Waals surface area contributed by atoms with Crippen molar-refractivity contribution in [1.29, 1.82) is 0 Å². The highest BCUT2D eigenvalue weighted by Crippen LogP contribution is 2.32. The molecule has 1 saturated heterocycles. The van der Waals surface area contributed by atoms with E-state index in [0.717, 1.165) is 64.3 Å². The average Bonchev–Trinajstić information content (AvgIpc) is 3.81. The van der Waals surface area contributed by atoms with Crippen LogP contribution in [0.4, 0.5) is 5.69 Å². The third kappa shape index (κ3) is 10.1. The van der Waals surface area contributed by atoms with Crippen LogP contribution in [0.2, 0.25) is 5.02 Å². The number of benzene rings is 7. The molecule has 58 heavy (non-hydrogen) atoms. The first-order valence-corrected chi connectivity index (χ1v) is 19.8. The third-order valence-corrected chi connectivity index (χ3v) is 10.5. The van der Waals surface area contributed by atoms with Crippen LogP contribution < -0.4 is 15.4 Å². The van der Waals surface area contributed by atoms with Gasteiger partial charge in [0.05, 0.1) is 13.2 Å². The number of halogens is 1. The van der Waals surface area contributed by atoms with Crippen LogP contribution in [0.15, 0.2) is 170 Å². The summed E-state index contributed by atoms with van der Waals surface area (Å²) in [7, 11) is 1.62. The summed E-state index contributed by atoms with van der Waals surface area (Å²) in [4.78, 5) is 25.3. The van der Waals surface area contributed by atoms with Crippen LogP contribution in [-0.4, -0.2) is 38.2 Å². The molecule has 7 aromatic rings. The highest BCUT2D eigenvalue weighted by atomic mass is 35.5. The second kappa shape index (κ2) is 19.1. The van der Waals surface area contributed by atoms with Crippen molar-refractivity contribution in [3.8, 4) is 50.3 Å². The Morgan fingerprint density at radius 2 is 1.14 bits per heavy atom. The Kier molecular flexibility index (Phi) is 13.1. The fourth-order valence-corrected chi connectivity index (χ4v) is 7.13. The summed E-state index contributed by atoms with van der Waals surface area (Å²) >= 11 is 6.42. The molecule has 8 rings (SSSR count). The summed E-state index contributed by atoms with van der Waals surface area (Å²) in [5.74, 6) is 0.515. The van der Waals surface area contributed by atoms with E-state index < -0.39 is 0 Å². The smallest absolute Gasteiger partial charge is 0.255 e. The van der Waals surface area contributed by atoms with E-state index in [4.69, 9.17) is 21.1 Å². The molecule has 1 aliphatic heterocycles. The first-order chi connectivity index (χ1) is 28.3. The highest BCUT2D eigenvalue weighted by molar-refractivity contribution is 6.33. The largest absolute Gasteiger partial charge is 0.497 e. The summed E-state index contributed by atoms with van der Waals surface area (Å²) < 4.78 is 10.7. The second-order valence-corrected chi connectivity index (χ2v) is 14.5. The minimum atomic E-state index is -0.137. The molecule has 0 spiro atoms. The van der Waals surface area contributed by atoms with Crippen LogP contribution in [0.5, 0.6) is 5.75 Å². The number of aryl methyl sites for hydroxylation is 1. The molecule has 1 aliphatic rings. The lowest BCUT2D eigenvalue weighted by Gasteiger charge is -2.12. The molecule has 290 valence electrons. The van der Waals surface area contributed by atoms with E-state index >= 15 is 0 Å². The molecule has 0 aliphatic carbocycles. The van der Waals surface area contributed by atoms with Crippen LogP contribution in [0.3, 0.4) is 0 Å². The zero-order chi connectivity index (χ0) is 40.3. The summed E-state index contributed by atoms with van der Waals surface area (Å²) in [6.45, 7) is 3.39. The quantitative estimate of drug-likeness (QED) is 0.145. The van der Waals surface area contributed by atoms with Crippen molar-refractivity contribution in [2.24, 2.45) is 0 Å². The van der Waals surface area contributed by atoms with E-state index in [9.17, 15) is 9.59 Å². The van der Waals surface area contributed by atoms with Gasteiger partial charge >= 0.3 is 0 Å². The van der Waals surface area contributed by atoms with Gasteiger partial charge in [-0.1, -0.05) is 127 Å². The van der Waals surface area contributed by atoms with Crippen LogP contribution in [0.1, 0.15) is 39.1 Å². The summed E-state index contributed by atoms with van der Waals surface area (Å²) in [6.07, 6.45) is 2.19. The Hall–Kier alpha value is -6.47. The number of hydrogen-bond donors (Lipinski definition) is 2. The fourth-order valence-electron chi connectivity index (χ4n) is 6.90. The number of nitrogens with one attached hydrogen (secondary N) is 2. The van der Waals surface area contributed by atoms with Gasteiger partial charge in [0.2, 0.25) is 0 Å². The molecule has 0 radical (unpaired) electrons. The summed E-state index contributed by atoms with van der Waals surface area (Å²) in [5.41, 5.74) is 11.7. The van der Waals surface area contributed by atoms with E-state index in [1.54, 1.807) is 19.2 Å². The van der Waals surface area contributed by atoms with Crippen molar-refractivity contribution < 1.29 is 19.1 Å². The Labute approximate surface area is 345 Å². The number of carbonyl (C=O) groups excluding carboxylic acids is 2. The van der Waals surface area contributed by atoms with Gasteiger partial charge in [0.1, 0.15) is 5.75 Å². The summed E-state index contributed by atoms with van der Waals surface area (Å²) in [6, 6.07) is 55.7. The standard InChI is InChI=1S/C27H23NO2.C24H22ClNO2/c1-19-8-9-23(27(29)28-24-14-16-25(30-2)17-15-24)18-26(19)22-12-10-21(11-13-22)20-6-4-3-5-7-20;25-23-13-12-20(24(27)26-16-21-7-4-14-28-21)15-22(23)19-10-8-18(9-11-19)17-5-2-1-3-6-17/h3-18H,1-2H3,(H,28,29);1-3,5-6,8-13,15,21H,4,7,14,16H2,(H,26,27). The van der Waals surface area contributed by atoms with Crippen molar-refractivity contribution in [2.75, 3.05) is 25.6 Å². The normalized spacial score (nSPS) is 13.2. The zero-order valence-electron chi connectivity index (χ0n) is 32.6. The van der Waals surface area contributed by atoms with Gasteiger partial charge in [-0.3, -0.25) is 9.59 Å². The summed E-state index contributed by atoms with van der Waals surface area (Å²) in [5, 5.41) is 6.53. The molecule has 2 N–H and O–H groups in total. The number of anilines is 1. The Morgan fingerprint density at radius 3 is 1.71 bits per heavy atom.